The summed E-state index contributed by atoms with van der Waals surface area (Å²) < 4.78 is 16.4. The van der Waals surface area contributed by atoms with Crippen LogP contribution in [0.25, 0.3) is 0 Å². The maximum Gasteiger partial charge on any atom is 0.119 e. The van der Waals surface area contributed by atoms with Crippen LogP contribution in [0.1, 0.15) is 43.2 Å². The summed E-state index contributed by atoms with van der Waals surface area (Å²) >= 11 is 0. The number of hydrogen-bond donors (Lipinski definition) is 0. The second-order valence-corrected chi connectivity index (χ2v) is 8.19. The van der Waals surface area contributed by atoms with Gasteiger partial charge in [-0.2, -0.15) is 0 Å². The summed E-state index contributed by atoms with van der Waals surface area (Å²) in [6.45, 7) is 4.45. The Morgan fingerprint density at radius 2 is 2.04 bits per heavy atom. The van der Waals surface area contributed by atoms with E-state index in [1.54, 1.807) is 25.3 Å². The van der Waals surface area contributed by atoms with Crippen LogP contribution in [0.15, 0.2) is 18.2 Å². The number of likely N-dealkylation sites (tertiary alicyclic amines) is 1. The first-order chi connectivity index (χ1) is 12.8. The second-order valence-electron chi connectivity index (χ2n) is 8.19. The summed E-state index contributed by atoms with van der Waals surface area (Å²) in [6, 6.07) is 7.50. The van der Waals surface area contributed by atoms with Crippen LogP contribution in [0.2, 0.25) is 0 Å². The fraction of sp³-hybridized carbons (Fsp3) is 0.727. The summed E-state index contributed by atoms with van der Waals surface area (Å²) in [5.74, 6) is 1.82. The average molecular weight is 360 g/mol. The molecule has 1 saturated heterocycles. The SMILES string of the molecule is COCCOCCN1CC[C@]23CCCC[C@H]2[C@H]1Cc1ccc(OC)cc13. The van der Waals surface area contributed by atoms with E-state index in [2.05, 4.69) is 23.1 Å². The molecule has 3 atom stereocenters. The van der Waals surface area contributed by atoms with Crippen LogP contribution in [0.5, 0.6) is 5.75 Å². The van der Waals surface area contributed by atoms with Crippen molar-refractivity contribution in [3.63, 3.8) is 0 Å². The van der Waals surface area contributed by atoms with E-state index in [4.69, 9.17) is 14.2 Å². The van der Waals surface area contributed by atoms with E-state index in [-0.39, 0.29) is 0 Å². The van der Waals surface area contributed by atoms with E-state index in [0.717, 1.165) is 24.8 Å². The lowest BCUT2D eigenvalue weighted by atomic mass is 9.52. The molecule has 1 heterocycles. The molecule has 1 aromatic rings. The molecule has 0 amide bonds. The van der Waals surface area contributed by atoms with Crippen LogP contribution in [0, 0.1) is 5.92 Å². The molecule has 0 N–H and O–H groups in total. The van der Waals surface area contributed by atoms with Crippen molar-refractivity contribution in [1.82, 2.24) is 4.90 Å². The predicted molar refractivity (Wildman–Crippen MR) is 103 cm³/mol. The van der Waals surface area contributed by atoms with Crippen LogP contribution < -0.4 is 4.74 Å². The zero-order chi connectivity index (χ0) is 18.0. The lowest BCUT2D eigenvalue weighted by Gasteiger charge is -2.59. The van der Waals surface area contributed by atoms with Gasteiger partial charge in [-0.05, 0) is 61.4 Å². The summed E-state index contributed by atoms with van der Waals surface area (Å²) in [6.07, 6.45) is 7.96. The summed E-state index contributed by atoms with van der Waals surface area (Å²) in [4.78, 5) is 2.72. The van der Waals surface area contributed by atoms with E-state index in [1.165, 1.54) is 45.1 Å². The molecule has 3 aliphatic rings. The highest BCUT2D eigenvalue weighted by atomic mass is 16.5. The van der Waals surface area contributed by atoms with Gasteiger partial charge in [-0.3, -0.25) is 4.90 Å². The Kier molecular flexibility index (Phi) is 5.53. The third kappa shape index (κ3) is 3.17. The molecule has 0 aromatic heterocycles. The lowest BCUT2D eigenvalue weighted by molar-refractivity contribution is -0.0275. The van der Waals surface area contributed by atoms with E-state index >= 15 is 0 Å². The Labute approximate surface area is 157 Å². The molecule has 0 radical (unpaired) electrons. The van der Waals surface area contributed by atoms with Gasteiger partial charge in [-0.15, -0.1) is 0 Å². The first-order valence-corrected chi connectivity index (χ1v) is 10.3. The third-order valence-corrected chi connectivity index (χ3v) is 7.11. The molecule has 4 rings (SSSR count). The van der Waals surface area contributed by atoms with Crippen molar-refractivity contribution in [3.8, 4) is 5.75 Å². The molecule has 4 nitrogen and oxygen atoms in total. The predicted octanol–water partition coefficient (Wildman–Crippen LogP) is 3.42. The minimum absolute atomic E-state index is 0.387. The Bertz CT molecular complexity index is 619. The molecule has 2 aliphatic carbocycles. The van der Waals surface area contributed by atoms with Crippen LogP contribution >= 0.6 is 0 Å². The quantitative estimate of drug-likeness (QED) is 0.698. The van der Waals surface area contributed by atoms with Gasteiger partial charge in [0.2, 0.25) is 0 Å². The van der Waals surface area contributed by atoms with Gasteiger partial charge in [0.05, 0.1) is 26.9 Å². The molecule has 0 unspecified atom stereocenters. The number of methoxy groups -OCH3 is 2. The largest absolute Gasteiger partial charge is 0.497 e. The first kappa shape index (κ1) is 18.3. The van der Waals surface area contributed by atoms with Gasteiger partial charge in [0, 0.05) is 25.1 Å². The maximum absolute atomic E-state index is 5.77. The lowest BCUT2D eigenvalue weighted by Crippen LogP contribution is -2.61. The number of rotatable bonds is 7. The van der Waals surface area contributed by atoms with E-state index in [9.17, 15) is 0 Å². The third-order valence-electron chi connectivity index (χ3n) is 7.11. The normalized spacial score (nSPS) is 30.5. The molecule has 4 heteroatoms. The van der Waals surface area contributed by atoms with Crippen LogP contribution in [-0.2, 0) is 21.3 Å². The van der Waals surface area contributed by atoms with Gasteiger partial charge < -0.3 is 14.2 Å². The summed E-state index contributed by atoms with van der Waals surface area (Å²) in [5, 5.41) is 0. The fourth-order valence-corrected chi connectivity index (χ4v) is 5.89. The van der Waals surface area contributed by atoms with Crippen LogP contribution in [0.4, 0.5) is 0 Å². The van der Waals surface area contributed by atoms with Gasteiger partial charge in [-0.25, -0.2) is 0 Å². The van der Waals surface area contributed by atoms with Crippen molar-refractivity contribution < 1.29 is 14.2 Å². The van der Waals surface area contributed by atoms with Crippen molar-refractivity contribution in [2.75, 3.05) is 47.1 Å². The Hall–Kier alpha value is -1.10. The highest BCUT2D eigenvalue weighted by molar-refractivity contribution is 5.45. The minimum atomic E-state index is 0.387. The molecule has 2 bridgehead atoms. The van der Waals surface area contributed by atoms with Crippen molar-refractivity contribution in [2.45, 2.75) is 50.0 Å². The number of fused-ring (bicyclic) bond motifs is 1. The minimum Gasteiger partial charge on any atom is -0.497 e. The Morgan fingerprint density at radius 3 is 2.88 bits per heavy atom. The molecule has 1 aliphatic heterocycles. The number of ether oxygens (including phenoxy) is 3. The van der Waals surface area contributed by atoms with Gasteiger partial charge in [0.25, 0.3) is 0 Å². The highest BCUT2D eigenvalue weighted by Gasteiger charge is 2.53. The zero-order valence-corrected chi connectivity index (χ0v) is 16.3. The van der Waals surface area contributed by atoms with E-state index in [0.29, 0.717) is 24.7 Å². The highest BCUT2D eigenvalue weighted by Crippen LogP contribution is 2.56. The van der Waals surface area contributed by atoms with Gasteiger partial charge in [0.15, 0.2) is 0 Å². The van der Waals surface area contributed by atoms with E-state index < -0.39 is 0 Å². The van der Waals surface area contributed by atoms with Crippen molar-refractivity contribution in [2.24, 2.45) is 5.92 Å². The van der Waals surface area contributed by atoms with Gasteiger partial charge >= 0.3 is 0 Å². The molecule has 1 saturated carbocycles. The van der Waals surface area contributed by atoms with E-state index in [1.807, 2.05) is 0 Å². The van der Waals surface area contributed by atoms with Crippen LogP contribution in [0.3, 0.4) is 0 Å². The first-order valence-electron chi connectivity index (χ1n) is 10.3. The number of nitrogens with zero attached hydrogens (tertiary/aromatic N) is 1. The van der Waals surface area contributed by atoms with Gasteiger partial charge in [0.1, 0.15) is 5.75 Å². The molecule has 2 fully saturated rings. The Balaban J connectivity index is 1.55. The molecular formula is C22H33NO3. The average Bonchev–Trinajstić information content (AvgIpc) is 2.69. The number of hydrogen-bond acceptors (Lipinski definition) is 4. The molecule has 144 valence electrons. The second kappa shape index (κ2) is 7.87. The monoisotopic (exact) mass is 359 g/mol. The number of piperidine rings is 1. The summed E-state index contributed by atoms with van der Waals surface area (Å²) in [7, 11) is 3.51. The fourth-order valence-electron chi connectivity index (χ4n) is 5.89. The molecule has 1 aromatic carbocycles. The van der Waals surface area contributed by atoms with Gasteiger partial charge in [-0.1, -0.05) is 18.9 Å². The maximum atomic E-state index is 5.77. The summed E-state index contributed by atoms with van der Waals surface area (Å²) in [5.41, 5.74) is 3.55. The van der Waals surface area contributed by atoms with Crippen LogP contribution in [-0.4, -0.2) is 58.1 Å². The van der Waals surface area contributed by atoms with Crippen molar-refractivity contribution in [3.05, 3.63) is 29.3 Å². The topological polar surface area (TPSA) is 30.9 Å². The molecular weight excluding hydrogens is 326 g/mol. The standard InChI is InChI=1S/C22H33NO3/c1-24-13-14-26-12-11-23-10-9-22-8-4-3-5-19(22)21(23)15-17-6-7-18(25-2)16-20(17)22/h6-7,16,19,21H,3-5,8-15H2,1-2H3/t19-,21+,22+/m0/s1. The number of benzene rings is 1. The molecule has 0 spiro atoms. The van der Waals surface area contributed by atoms with Crippen molar-refractivity contribution >= 4 is 0 Å². The smallest absolute Gasteiger partial charge is 0.119 e. The molecule has 26 heavy (non-hydrogen) atoms. The Morgan fingerprint density at radius 1 is 1.12 bits per heavy atom. The zero-order valence-electron chi connectivity index (χ0n) is 16.3. The van der Waals surface area contributed by atoms with Crippen molar-refractivity contribution in [1.29, 1.82) is 0 Å².